The molecule has 0 saturated carbocycles. The Morgan fingerprint density at radius 2 is 1.90 bits per heavy atom. The van der Waals surface area contributed by atoms with E-state index >= 15 is 0 Å². The molecule has 8 heteroatoms. The van der Waals surface area contributed by atoms with Gasteiger partial charge in [-0.1, -0.05) is 18.5 Å². The highest BCUT2D eigenvalue weighted by atomic mass is 16.5. The number of aromatic nitrogens is 1. The van der Waals surface area contributed by atoms with Crippen molar-refractivity contribution in [3.63, 3.8) is 0 Å². The Bertz CT molecular complexity index is 834. The molecule has 170 valence electrons. The number of rotatable bonds is 11. The number of benzene rings is 1. The molecule has 1 atom stereocenters. The number of methoxy groups -OCH3 is 3. The molecule has 2 heterocycles. The first kappa shape index (κ1) is 22.9. The number of carbonyl (C=O) groups is 1. The second-order valence-electron chi connectivity index (χ2n) is 7.61. The predicted molar refractivity (Wildman–Crippen MR) is 116 cm³/mol. The molecular formula is C23H32N2O6. The van der Waals surface area contributed by atoms with Gasteiger partial charge in [0.05, 0.1) is 34.0 Å². The summed E-state index contributed by atoms with van der Waals surface area (Å²) in [6, 6.07) is 5.46. The Labute approximate surface area is 183 Å². The summed E-state index contributed by atoms with van der Waals surface area (Å²) in [5.41, 5.74) is 1.43. The van der Waals surface area contributed by atoms with Gasteiger partial charge >= 0.3 is 0 Å². The van der Waals surface area contributed by atoms with E-state index in [1.807, 2.05) is 23.1 Å². The highest BCUT2D eigenvalue weighted by molar-refractivity contribution is 5.76. The van der Waals surface area contributed by atoms with Crippen molar-refractivity contribution < 1.29 is 28.3 Å². The van der Waals surface area contributed by atoms with Gasteiger partial charge in [-0.25, -0.2) is 0 Å². The van der Waals surface area contributed by atoms with Crippen LogP contribution < -0.4 is 14.2 Å². The molecule has 0 N–H and O–H groups in total. The summed E-state index contributed by atoms with van der Waals surface area (Å²) in [6.07, 6.45) is 4.49. The fraction of sp³-hybridized carbons (Fsp3) is 0.565. The minimum absolute atomic E-state index is 0.0899. The zero-order chi connectivity index (χ0) is 22.2. The first-order chi connectivity index (χ1) is 15.1. The lowest BCUT2D eigenvalue weighted by Gasteiger charge is -2.24. The lowest BCUT2D eigenvalue weighted by Crippen LogP contribution is -2.36. The molecule has 1 aliphatic heterocycles. The van der Waals surface area contributed by atoms with Gasteiger partial charge in [-0.05, 0) is 31.4 Å². The summed E-state index contributed by atoms with van der Waals surface area (Å²) in [4.78, 5) is 14.6. The smallest absolute Gasteiger partial charge is 0.223 e. The third-order valence-electron chi connectivity index (χ3n) is 5.41. The van der Waals surface area contributed by atoms with Gasteiger partial charge in [-0.3, -0.25) is 4.79 Å². The van der Waals surface area contributed by atoms with Gasteiger partial charge in [0, 0.05) is 31.2 Å². The lowest BCUT2D eigenvalue weighted by molar-refractivity contribution is -0.133. The molecule has 0 bridgehead atoms. The van der Waals surface area contributed by atoms with Crippen LogP contribution in [0.3, 0.4) is 0 Å². The van der Waals surface area contributed by atoms with Crippen LogP contribution in [0, 0.1) is 0 Å². The van der Waals surface area contributed by atoms with Gasteiger partial charge in [0.2, 0.25) is 11.7 Å². The lowest BCUT2D eigenvalue weighted by atomic mass is 10.1. The number of amides is 1. The van der Waals surface area contributed by atoms with E-state index < -0.39 is 0 Å². The maximum Gasteiger partial charge on any atom is 0.223 e. The Morgan fingerprint density at radius 3 is 2.48 bits per heavy atom. The van der Waals surface area contributed by atoms with Crippen LogP contribution in [0.1, 0.15) is 44.7 Å². The third-order valence-corrected chi connectivity index (χ3v) is 5.41. The van der Waals surface area contributed by atoms with Crippen molar-refractivity contribution in [1.82, 2.24) is 10.1 Å². The van der Waals surface area contributed by atoms with Crippen LogP contribution in [-0.4, -0.2) is 56.5 Å². The topological polar surface area (TPSA) is 83.3 Å². The number of nitrogens with zero attached hydrogens (tertiary/aromatic N) is 2. The Balaban J connectivity index is 1.79. The summed E-state index contributed by atoms with van der Waals surface area (Å²) in [5, 5.41) is 4.20. The van der Waals surface area contributed by atoms with Crippen LogP contribution in [0.4, 0.5) is 0 Å². The summed E-state index contributed by atoms with van der Waals surface area (Å²) in [5.74, 6) is 2.26. The number of ether oxygens (including phenoxy) is 4. The van der Waals surface area contributed by atoms with Crippen LogP contribution in [0.2, 0.25) is 0 Å². The zero-order valence-corrected chi connectivity index (χ0v) is 18.8. The van der Waals surface area contributed by atoms with Crippen LogP contribution in [0.15, 0.2) is 22.7 Å². The molecule has 0 aliphatic carbocycles. The quantitative estimate of drug-likeness (QED) is 0.529. The molecule has 1 saturated heterocycles. The monoisotopic (exact) mass is 432 g/mol. The Morgan fingerprint density at radius 1 is 1.16 bits per heavy atom. The molecule has 31 heavy (non-hydrogen) atoms. The SMILES string of the molecule is CCCCC(=O)N(Cc1cc(-c2cc(OC)c(OC)c(OC)c2)on1)CC1CCCO1. The van der Waals surface area contributed by atoms with Gasteiger partial charge in [0.25, 0.3) is 0 Å². The minimum atomic E-state index is 0.0899. The van der Waals surface area contributed by atoms with Gasteiger partial charge < -0.3 is 28.4 Å². The average molecular weight is 433 g/mol. The number of hydrogen-bond donors (Lipinski definition) is 0. The molecule has 0 spiro atoms. The highest BCUT2D eigenvalue weighted by Gasteiger charge is 2.24. The largest absolute Gasteiger partial charge is 0.493 e. The standard InChI is InChI=1S/C23H32N2O6/c1-5-6-9-22(26)25(15-18-8-7-10-30-18)14-17-13-19(31-24-17)16-11-20(27-2)23(29-4)21(12-16)28-3/h11-13,18H,5-10,14-15H2,1-4H3. The second kappa shape index (κ2) is 11.0. The van der Waals surface area contributed by atoms with E-state index in [-0.39, 0.29) is 12.0 Å². The fourth-order valence-corrected chi connectivity index (χ4v) is 3.72. The summed E-state index contributed by atoms with van der Waals surface area (Å²) < 4.78 is 27.5. The molecule has 1 amide bonds. The van der Waals surface area contributed by atoms with E-state index in [1.54, 1.807) is 21.3 Å². The van der Waals surface area contributed by atoms with Gasteiger partial charge in [-0.15, -0.1) is 0 Å². The molecule has 1 aromatic heterocycles. The normalized spacial score (nSPS) is 15.7. The summed E-state index contributed by atoms with van der Waals surface area (Å²) in [6.45, 7) is 3.81. The van der Waals surface area contributed by atoms with Crippen molar-refractivity contribution in [2.75, 3.05) is 34.5 Å². The molecule has 1 aliphatic rings. The van der Waals surface area contributed by atoms with E-state index in [9.17, 15) is 4.79 Å². The molecule has 1 unspecified atom stereocenters. The third kappa shape index (κ3) is 5.70. The average Bonchev–Trinajstić information content (AvgIpc) is 3.48. The first-order valence-corrected chi connectivity index (χ1v) is 10.7. The van der Waals surface area contributed by atoms with Crippen molar-refractivity contribution in [1.29, 1.82) is 0 Å². The summed E-state index contributed by atoms with van der Waals surface area (Å²) >= 11 is 0. The van der Waals surface area contributed by atoms with Crippen LogP contribution >= 0.6 is 0 Å². The first-order valence-electron chi connectivity index (χ1n) is 10.7. The van der Waals surface area contributed by atoms with Crippen LogP contribution in [0.25, 0.3) is 11.3 Å². The van der Waals surface area contributed by atoms with Crippen molar-refractivity contribution in [3.8, 4) is 28.6 Å². The Hall–Kier alpha value is -2.74. The fourth-order valence-electron chi connectivity index (χ4n) is 3.72. The van der Waals surface area contributed by atoms with Crippen molar-refractivity contribution in [3.05, 3.63) is 23.9 Å². The van der Waals surface area contributed by atoms with Gasteiger partial charge in [-0.2, -0.15) is 0 Å². The summed E-state index contributed by atoms with van der Waals surface area (Å²) in [7, 11) is 4.69. The number of unbranched alkanes of at least 4 members (excludes halogenated alkanes) is 1. The highest BCUT2D eigenvalue weighted by Crippen LogP contribution is 2.41. The van der Waals surface area contributed by atoms with Crippen LogP contribution in [-0.2, 0) is 16.1 Å². The molecule has 3 rings (SSSR count). The van der Waals surface area contributed by atoms with E-state index in [1.165, 1.54) is 0 Å². The molecule has 0 radical (unpaired) electrons. The maximum atomic E-state index is 12.8. The van der Waals surface area contributed by atoms with Gasteiger partial charge in [0.15, 0.2) is 17.3 Å². The van der Waals surface area contributed by atoms with E-state index in [2.05, 4.69) is 12.1 Å². The zero-order valence-electron chi connectivity index (χ0n) is 18.8. The van der Waals surface area contributed by atoms with Crippen LogP contribution in [0.5, 0.6) is 17.2 Å². The molecule has 1 aromatic carbocycles. The van der Waals surface area contributed by atoms with E-state index in [0.29, 0.717) is 48.2 Å². The minimum Gasteiger partial charge on any atom is -0.493 e. The molecule has 2 aromatic rings. The molecule has 1 fully saturated rings. The number of hydrogen-bond acceptors (Lipinski definition) is 7. The predicted octanol–water partition coefficient (Wildman–Crippen LogP) is 4.07. The molecule has 8 nitrogen and oxygen atoms in total. The Kier molecular flexibility index (Phi) is 8.17. The van der Waals surface area contributed by atoms with Gasteiger partial charge in [0.1, 0.15) is 5.69 Å². The second-order valence-corrected chi connectivity index (χ2v) is 7.61. The molecular weight excluding hydrogens is 400 g/mol. The maximum absolute atomic E-state index is 12.8. The number of carbonyl (C=O) groups excluding carboxylic acids is 1. The van der Waals surface area contributed by atoms with Crippen molar-refractivity contribution in [2.24, 2.45) is 0 Å². The van der Waals surface area contributed by atoms with E-state index in [0.717, 1.165) is 37.9 Å². The van der Waals surface area contributed by atoms with Crippen molar-refractivity contribution >= 4 is 5.91 Å². The van der Waals surface area contributed by atoms with E-state index in [4.69, 9.17) is 23.5 Å². The van der Waals surface area contributed by atoms with Crippen molar-refractivity contribution in [2.45, 2.75) is 51.7 Å².